The maximum absolute atomic E-state index is 9.30. The SMILES string of the molecule is OC[C@@H](O)[C@H]1OC[C@H](O)[C@H](O)[C@@H]1O. The minimum absolute atomic E-state index is 0.167. The molecule has 0 aromatic rings. The van der Waals surface area contributed by atoms with E-state index in [9.17, 15) is 10.2 Å². The zero-order valence-electron chi connectivity index (χ0n) is 6.95. The molecule has 0 saturated carbocycles. The Morgan fingerprint density at radius 2 is 1.85 bits per heavy atom. The second-order valence-corrected chi connectivity index (χ2v) is 3.10. The number of hydrogen-bond acceptors (Lipinski definition) is 6. The van der Waals surface area contributed by atoms with Gasteiger partial charge in [-0.05, 0) is 0 Å². The molecule has 1 fully saturated rings. The predicted molar refractivity (Wildman–Crippen MR) is 40.9 cm³/mol. The van der Waals surface area contributed by atoms with Gasteiger partial charge in [0.1, 0.15) is 30.5 Å². The van der Waals surface area contributed by atoms with Gasteiger partial charge in [-0.3, -0.25) is 0 Å². The van der Waals surface area contributed by atoms with Gasteiger partial charge in [-0.2, -0.15) is 0 Å². The largest absolute Gasteiger partial charge is 0.394 e. The smallest absolute Gasteiger partial charge is 0.114 e. The fourth-order valence-electron chi connectivity index (χ4n) is 1.27. The Kier molecular flexibility index (Phi) is 3.60. The molecule has 0 aromatic carbocycles. The molecule has 0 radical (unpaired) electrons. The first-order chi connectivity index (χ1) is 6.07. The summed E-state index contributed by atoms with van der Waals surface area (Å²) in [5, 5.41) is 45.2. The average Bonchev–Trinajstić information content (AvgIpc) is 2.13. The van der Waals surface area contributed by atoms with Crippen molar-refractivity contribution in [3.63, 3.8) is 0 Å². The topological polar surface area (TPSA) is 110 Å². The molecular formula is C7H14O6. The first-order valence-corrected chi connectivity index (χ1v) is 4.02. The lowest BCUT2D eigenvalue weighted by atomic mass is 9.97. The van der Waals surface area contributed by atoms with Gasteiger partial charge in [0.25, 0.3) is 0 Å². The molecule has 6 nitrogen and oxygen atoms in total. The maximum atomic E-state index is 9.30. The van der Waals surface area contributed by atoms with Crippen LogP contribution in [0.3, 0.4) is 0 Å². The lowest BCUT2D eigenvalue weighted by Crippen LogP contribution is -2.57. The molecule has 1 aliphatic rings. The lowest BCUT2D eigenvalue weighted by molar-refractivity contribution is -0.214. The number of hydrogen-bond donors (Lipinski definition) is 5. The van der Waals surface area contributed by atoms with E-state index in [2.05, 4.69) is 0 Å². The standard InChI is InChI=1S/C7H14O6/c8-1-3(9)7-6(12)5(11)4(10)2-13-7/h3-12H,1-2H2/t3-,4+,5+,6+,7-/m1/s1. The molecule has 0 unspecified atom stereocenters. The molecule has 0 aliphatic carbocycles. The fraction of sp³-hybridized carbons (Fsp3) is 1.00. The second kappa shape index (κ2) is 4.32. The van der Waals surface area contributed by atoms with Crippen LogP contribution in [0.1, 0.15) is 0 Å². The minimum atomic E-state index is -1.38. The van der Waals surface area contributed by atoms with Crippen LogP contribution in [-0.2, 0) is 4.74 Å². The summed E-state index contributed by atoms with van der Waals surface area (Å²) in [6, 6.07) is 0. The van der Waals surface area contributed by atoms with Crippen LogP contribution in [0.5, 0.6) is 0 Å². The molecule has 1 rings (SSSR count). The van der Waals surface area contributed by atoms with Gasteiger partial charge in [-0.15, -0.1) is 0 Å². The van der Waals surface area contributed by atoms with Gasteiger partial charge in [-0.1, -0.05) is 0 Å². The monoisotopic (exact) mass is 194 g/mol. The van der Waals surface area contributed by atoms with Gasteiger partial charge in [0.15, 0.2) is 0 Å². The van der Waals surface area contributed by atoms with E-state index in [0.29, 0.717) is 0 Å². The van der Waals surface area contributed by atoms with Gasteiger partial charge in [0.05, 0.1) is 13.2 Å². The zero-order valence-corrected chi connectivity index (χ0v) is 6.95. The van der Waals surface area contributed by atoms with E-state index in [1.54, 1.807) is 0 Å². The second-order valence-electron chi connectivity index (χ2n) is 3.10. The molecule has 0 spiro atoms. The Balaban J connectivity index is 2.58. The predicted octanol–water partition coefficient (Wildman–Crippen LogP) is -3.18. The number of rotatable bonds is 2. The molecule has 0 aromatic heterocycles. The highest BCUT2D eigenvalue weighted by Crippen LogP contribution is 2.17. The van der Waals surface area contributed by atoms with E-state index < -0.39 is 37.1 Å². The van der Waals surface area contributed by atoms with Crippen LogP contribution < -0.4 is 0 Å². The third-order valence-corrected chi connectivity index (χ3v) is 2.11. The van der Waals surface area contributed by atoms with Crippen molar-refractivity contribution in [2.45, 2.75) is 30.5 Å². The van der Waals surface area contributed by atoms with Crippen molar-refractivity contribution >= 4 is 0 Å². The van der Waals surface area contributed by atoms with Crippen LogP contribution in [0.2, 0.25) is 0 Å². The van der Waals surface area contributed by atoms with Crippen LogP contribution in [0.15, 0.2) is 0 Å². The van der Waals surface area contributed by atoms with Crippen molar-refractivity contribution in [1.29, 1.82) is 0 Å². The number of aliphatic hydroxyl groups excluding tert-OH is 5. The molecular weight excluding hydrogens is 180 g/mol. The molecule has 78 valence electrons. The summed E-state index contributed by atoms with van der Waals surface area (Å²) < 4.78 is 4.86. The third-order valence-electron chi connectivity index (χ3n) is 2.11. The molecule has 5 N–H and O–H groups in total. The van der Waals surface area contributed by atoms with E-state index in [1.807, 2.05) is 0 Å². The van der Waals surface area contributed by atoms with Gasteiger partial charge < -0.3 is 30.3 Å². The first kappa shape index (κ1) is 10.8. The summed E-state index contributed by atoms with van der Waals surface area (Å²) in [7, 11) is 0. The Morgan fingerprint density at radius 3 is 2.38 bits per heavy atom. The third kappa shape index (κ3) is 2.16. The summed E-state index contributed by atoms with van der Waals surface area (Å²) >= 11 is 0. The summed E-state index contributed by atoms with van der Waals surface area (Å²) in [4.78, 5) is 0. The molecule has 5 atom stereocenters. The minimum Gasteiger partial charge on any atom is -0.394 e. The van der Waals surface area contributed by atoms with Gasteiger partial charge >= 0.3 is 0 Å². The molecule has 0 amide bonds. The van der Waals surface area contributed by atoms with Crippen LogP contribution in [0.25, 0.3) is 0 Å². The molecule has 0 bridgehead atoms. The van der Waals surface area contributed by atoms with Crippen molar-refractivity contribution in [1.82, 2.24) is 0 Å². The first-order valence-electron chi connectivity index (χ1n) is 4.02. The molecule has 1 saturated heterocycles. The van der Waals surface area contributed by atoms with Crippen molar-refractivity contribution in [2.24, 2.45) is 0 Å². The van der Waals surface area contributed by atoms with E-state index in [-0.39, 0.29) is 6.61 Å². The van der Waals surface area contributed by atoms with Gasteiger partial charge in [-0.25, -0.2) is 0 Å². The number of aliphatic hydroxyl groups is 5. The summed E-state index contributed by atoms with van der Waals surface area (Å²) in [6.07, 6.45) is -6.19. The van der Waals surface area contributed by atoms with E-state index in [0.717, 1.165) is 0 Å². The van der Waals surface area contributed by atoms with Crippen LogP contribution in [-0.4, -0.2) is 69.3 Å². The molecule has 6 heteroatoms. The normalized spacial score (nSPS) is 43.2. The lowest BCUT2D eigenvalue weighted by Gasteiger charge is -2.36. The van der Waals surface area contributed by atoms with E-state index >= 15 is 0 Å². The Labute approximate surface area is 75.0 Å². The number of ether oxygens (including phenoxy) is 1. The van der Waals surface area contributed by atoms with E-state index in [1.165, 1.54) is 0 Å². The zero-order chi connectivity index (χ0) is 10.0. The van der Waals surface area contributed by atoms with Crippen molar-refractivity contribution < 1.29 is 30.3 Å². The highest BCUT2D eigenvalue weighted by molar-refractivity contribution is 4.89. The highest BCUT2D eigenvalue weighted by atomic mass is 16.5. The Hall–Kier alpha value is -0.240. The molecule has 13 heavy (non-hydrogen) atoms. The average molecular weight is 194 g/mol. The fourth-order valence-corrected chi connectivity index (χ4v) is 1.27. The molecule has 1 aliphatic heterocycles. The Bertz CT molecular complexity index is 163. The van der Waals surface area contributed by atoms with Gasteiger partial charge in [0.2, 0.25) is 0 Å². The van der Waals surface area contributed by atoms with Gasteiger partial charge in [0, 0.05) is 0 Å². The summed E-state index contributed by atoms with van der Waals surface area (Å²) in [6.45, 7) is -0.732. The molecule has 1 heterocycles. The van der Waals surface area contributed by atoms with Crippen molar-refractivity contribution in [3.05, 3.63) is 0 Å². The highest BCUT2D eigenvalue weighted by Gasteiger charge is 2.40. The summed E-state index contributed by atoms with van der Waals surface area (Å²) in [5.41, 5.74) is 0. The Morgan fingerprint density at radius 1 is 1.23 bits per heavy atom. The van der Waals surface area contributed by atoms with Crippen LogP contribution >= 0.6 is 0 Å². The van der Waals surface area contributed by atoms with Crippen LogP contribution in [0.4, 0.5) is 0 Å². The summed E-state index contributed by atoms with van der Waals surface area (Å²) in [5.74, 6) is 0. The quantitative estimate of drug-likeness (QED) is 0.317. The van der Waals surface area contributed by atoms with E-state index in [4.69, 9.17) is 20.1 Å². The van der Waals surface area contributed by atoms with Crippen LogP contribution in [0, 0.1) is 0 Å². The van der Waals surface area contributed by atoms with Crippen molar-refractivity contribution in [2.75, 3.05) is 13.2 Å². The maximum Gasteiger partial charge on any atom is 0.114 e. The van der Waals surface area contributed by atoms with Crippen molar-refractivity contribution in [3.8, 4) is 0 Å².